The van der Waals surface area contributed by atoms with Crippen molar-refractivity contribution in [2.75, 3.05) is 0 Å². The minimum Gasteiger partial charge on any atom is -0.414 e. The zero-order valence-corrected chi connectivity index (χ0v) is 28.5. The quantitative estimate of drug-likeness (QED) is 0.275. The van der Waals surface area contributed by atoms with Gasteiger partial charge in [-0.3, -0.25) is 0 Å². The Hall–Kier alpha value is 0.0538. The van der Waals surface area contributed by atoms with Gasteiger partial charge in [0.1, 0.15) is 0 Å². The fraction of sp³-hybridized carbons (Fsp3) is 0.938. The molecule has 37 heavy (non-hydrogen) atoms. The van der Waals surface area contributed by atoms with Gasteiger partial charge in [0.2, 0.25) is 0 Å². The number of allylic oxidation sites excluding steroid dienone is 1. The summed E-state index contributed by atoms with van der Waals surface area (Å²) in [4.78, 5) is 0. The highest BCUT2D eigenvalue weighted by atomic mass is 28.4. The topological polar surface area (TPSA) is 38.7 Å². The minimum atomic E-state index is -1.80. The van der Waals surface area contributed by atoms with E-state index in [9.17, 15) is 5.11 Å². The molecule has 0 aromatic rings. The van der Waals surface area contributed by atoms with Crippen molar-refractivity contribution < 1.29 is 14.0 Å². The molecule has 0 aromatic carbocycles. The fourth-order valence-corrected chi connectivity index (χ4v) is 11.3. The average Bonchev–Trinajstić information content (AvgIpc) is 3.07. The van der Waals surface area contributed by atoms with Crippen LogP contribution in [0.15, 0.2) is 11.6 Å². The molecule has 4 rings (SSSR count). The fourth-order valence-electron chi connectivity index (χ4n) is 8.49. The number of aliphatic hydroxyl groups is 1. The van der Waals surface area contributed by atoms with E-state index in [1.165, 1.54) is 37.7 Å². The molecule has 4 unspecified atom stereocenters. The van der Waals surface area contributed by atoms with Gasteiger partial charge in [0.05, 0.1) is 12.2 Å². The minimum absolute atomic E-state index is 0.0457. The van der Waals surface area contributed by atoms with Gasteiger partial charge in [-0.25, -0.2) is 0 Å². The van der Waals surface area contributed by atoms with Gasteiger partial charge in [-0.1, -0.05) is 60.1 Å². The van der Waals surface area contributed by atoms with Crippen LogP contribution < -0.4 is 0 Å². The van der Waals surface area contributed by atoms with E-state index in [1.807, 2.05) is 0 Å². The first-order valence-electron chi connectivity index (χ1n) is 15.5. The third-order valence-corrected chi connectivity index (χ3v) is 21.9. The Labute approximate surface area is 231 Å². The molecule has 3 saturated carbocycles. The number of fused-ring (bicyclic) bond motifs is 5. The molecule has 0 amide bonds. The maximum atomic E-state index is 11.5. The molecule has 0 aliphatic heterocycles. The number of hydrogen-bond acceptors (Lipinski definition) is 3. The lowest BCUT2D eigenvalue weighted by molar-refractivity contribution is -0.107. The predicted molar refractivity (Wildman–Crippen MR) is 162 cm³/mol. The van der Waals surface area contributed by atoms with Crippen LogP contribution in [0, 0.1) is 28.6 Å². The van der Waals surface area contributed by atoms with Gasteiger partial charge in [-0.05, 0) is 118 Å². The molecular formula is C32H60O3Si2. The second kappa shape index (κ2) is 9.57. The molecule has 0 spiro atoms. The highest BCUT2D eigenvalue weighted by molar-refractivity contribution is 6.74. The van der Waals surface area contributed by atoms with Gasteiger partial charge in [-0.15, -0.1) is 0 Å². The van der Waals surface area contributed by atoms with Gasteiger partial charge in [-0.2, -0.15) is 0 Å². The highest BCUT2D eigenvalue weighted by Gasteiger charge is 2.62. The van der Waals surface area contributed by atoms with Crippen molar-refractivity contribution in [1.29, 1.82) is 0 Å². The molecule has 3 fully saturated rings. The monoisotopic (exact) mass is 548 g/mol. The third-order valence-electron chi connectivity index (χ3n) is 12.8. The standard InChI is InChI=1S/C32H60O3Si2/c1-22(33)32-20-17-24(34-36(9,10)29(2,3)4)21-23(32)13-14-25-26-15-16-28(31(26,8)19-18-27(25)32)35-37(11,12)30(5,6)7/h13,22,24-28,33H,14-21H2,1-12H3/t22?,24-,25?,26?,27?,28-,31-,32+/m0/s1. The van der Waals surface area contributed by atoms with Crippen molar-refractivity contribution >= 4 is 16.6 Å². The summed E-state index contributed by atoms with van der Waals surface area (Å²) < 4.78 is 14.1. The summed E-state index contributed by atoms with van der Waals surface area (Å²) >= 11 is 0. The summed E-state index contributed by atoms with van der Waals surface area (Å²) in [6, 6.07) is 0. The summed E-state index contributed by atoms with van der Waals surface area (Å²) in [7, 11) is -3.61. The molecule has 4 aliphatic rings. The highest BCUT2D eigenvalue weighted by Crippen LogP contribution is 2.67. The smallest absolute Gasteiger partial charge is 0.192 e. The van der Waals surface area contributed by atoms with E-state index in [-0.39, 0.29) is 27.0 Å². The third kappa shape index (κ3) is 4.93. The number of hydrogen-bond donors (Lipinski definition) is 1. The summed E-state index contributed by atoms with van der Waals surface area (Å²) in [5.74, 6) is 2.00. The Morgan fingerprint density at radius 2 is 1.46 bits per heavy atom. The first-order chi connectivity index (χ1) is 16.8. The van der Waals surface area contributed by atoms with E-state index in [1.54, 1.807) is 0 Å². The summed E-state index contributed by atoms with van der Waals surface area (Å²) in [5.41, 5.74) is 1.77. The molecule has 0 bridgehead atoms. The lowest BCUT2D eigenvalue weighted by atomic mass is 9.46. The van der Waals surface area contributed by atoms with Crippen molar-refractivity contribution in [1.82, 2.24) is 0 Å². The van der Waals surface area contributed by atoms with Gasteiger partial charge in [0.15, 0.2) is 16.6 Å². The second-order valence-electron chi connectivity index (χ2n) is 16.8. The second-order valence-corrected chi connectivity index (χ2v) is 26.3. The largest absolute Gasteiger partial charge is 0.414 e. The summed E-state index contributed by atoms with van der Waals surface area (Å²) in [6.45, 7) is 28.4. The molecule has 1 N–H and O–H groups in total. The van der Waals surface area contributed by atoms with Crippen LogP contribution in [0.2, 0.25) is 36.3 Å². The zero-order chi connectivity index (χ0) is 27.8. The van der Waals surface area contributed by atoms with Gasteiger partial charge in [0, 0.05) is 11.5 Å². The van der Waals surface area contributed by atoms with Crippen molar-refractivity contribution in [2.45, 2.75) is 161 Å². The van der Waals surface area contributed by atoms with Gasteiger partial charge >= 0.3 is 0 Å². The van der Waals surface area contributed by atoms with Crippen LogP contribution in [0.5, 0.6) is 0 Å². The molecule has 5 heteroatoms. The van der Waals surface area contributed by atoms with E-state index in [2.05, 4.69) is 87.7 Å². The molecule has 0 saturated heterocycles. The van der Waals surface area contributed by atoms with Gasteiger partial charge < -0.3 is 14.0 Å². The molecule has 3 nitrogen and oxygen atoms in total. The van der Waals surface area contributed by atoms with Crippen LogP contribution in [0.25, 0.3) is 0 Å². The maximum absolute atomic E-state index is 11.5. The predicted octanol–water partition coefficient (Wildman–Crippen LogP) is 9.09. The first-order valence-corrected chi connectivity index (χ1v) is 21.3. The van der Waals surface area contributed by atoms with Crippen LogP contribution in [0.3, 0.4) is 0 Å². The van der Waals surface area contributed by atoms with Crippen LogP contribution in [-0.2, 0) is 8.85 Å². The Balaban J connectivity index is 1.57. The molecule has 0 aromatic heterocycles. The molecule has 0 radical (unpaired) electrons. The Kier molecular flexibility index (Phi) is 7.76. The summed E-state index contributed by atoms with van der Waals surface area (Å²) in [5, 5.41) is 11.9. The van der Waals surface area contributed by atoms with Crippen molar-refractivity contribution in [3.05, 3.63) is 11.6 Å². The lowest BCUT2D eigenvalue weighted by Gasteiger charge is -2.60. The molecule has 214 valence electrons. The normalized spacial score (nSPS) is 39.9. The van der Waals surface area contributed by atoms with E-state index < -0.39 is 16.6 Å². The first kappa shape index (κ1) is 30.0. The van der Waals surface area contributed by atoms with Crippen molar-refractivity contribution in [3.8, 4) is 0 Å². The zero-order valence-electron chi connectivity index (χ0n) is 26.5. The number of rotatable bonds is 5. The molecule has 0 heterocycles. The van der Waals surface area contributed by atoms with Crippen LogP contribution in [0.1, 0.15) is 107 Å². The van der Waals surface area contributed by atoms with Crippen LogP contribution >= 0.6 is 0 Å². The Morgan fingerprint density at radius 3 is 2.03 bits per heavy atom. The van der Waals surface area contributed by atoms with Crippen molar-refractivity contribution in [2.24, 2.45) is 28.6 Å². The Morgan fingerprint density at radius 1 is 0.865 bits per heavy atom. The van der Waals surface area contributed by atoms with Gasteiger partial charge in [0.25, 0.3) is 0 Å². The van der Waals surface area contributed by atoms with Crippen LogP contribution in [-0.4, -0.2) is 40.1 Å². The SMILES string of the molecule is CC(O)[C@]12CC[C@H](O[Si](C)(C)C(C)(C)C)CC1=CCC1C2CC[C@@]2(C)C1CC[C@@H]2O[Si](C)(C)C(C)(C)C. The molecule has 4 aliphatic carbocycles. The van der Waals surface area contributed by atoms with E-state index in [0.29, 0.717) is 24.0 Å². The lowest BCUT2D eigenvalue weighted by Crippen LogP contribution is -2.57. The maximum Gasteiger partial charge on any atom is 0.192 e. The number of aliphatic hydroxyl groups excluding tert-OH is 1. The molecular weight excluding hydrogens is 489 g/mol. The van der Waals surface area contributed by atoms with E-state index >= 15 is 0 Å². The average molecular weight is 549 g/mol. The van der Waals surface area contributed by atoms with Crippen molar-refractivity contribution in [3.63, 3.8) is 0 Å². The van der Waals surface area contributed by atoms with Crippen LogP contribution in [0.4, 0.5) is 0 Å². The summed E-state index contributed by atoms with van der Waals surface area (Å²) in [6.07, 6.45) is 12.4. The molecule has 8 atom stereocenters. The van der Waals surface area contributed by atoms with E-state index in [4.69, 9.17) is 8.85 Å². The Bertz CT molecular complexity index is 879. The van der Waals surface area contributed by atoms with E-state index in [0.717, 1.165) is 25.2 Å².